The number of amides is 1. The number of hydrogen-bond acceptors (Lipinski definition) is 2. The zero-order valence-corrected chi connectivity index (χ0v) is 16.4. The van der Waals surface area contributed by atoms with Gasteiger partial charge in [0.15, 0.2) is 0 Å². The molecule has 4 rings (SSSR count). The third kappa shape index (κ3) is 3.49. The van der Waals surface area contributed by atoms with Crippen molar-refractivity contribution in [2.75, 3.05) is 0 Å². The molecular formula is C25H24N2O2. The maximum absolute atomic E-state index is 11.7. The molecule has 0 unspecified atom stereocenters. The van der Waals surface area contributed by atoms with Crippen LogP contribution in [0.1, 0.15) is 29.3 Å². The predicted molar refractivity (Wildman–Crippen MR) is 116 cm³/mol. The van der Waals surface area contributed by atoms with Gasteiger partial charge < -0.3 is 15.2 Å². The lowest BCUT2D eigenvalue weighted by molar-refractivity contribution is -0.117. The van der Waals surface area contributed by atoms with Crippen LogP contribution < -0.4 is 5.73 Å². The quantitative estimate of drug-likeness (QED) is 0.514. The van der Waals surface area contributed by atoms with Crippen molar-refractivity contribution < 1.29 is 9.90 Å². The summed E-state index contributed by atoms with van der Waals surface area (Å²) >= 11 is 0. The summed E-state index contributed by atoms with van der Waals surface area (Å²) in [6.45, 7) is 2.07. The first kappa shape index (κ1) is 18.8. The average molecular weight is 384 g/mol. The Kier molecular flexibility index (Phi) is 5.09. The molecule has 2 aromatic heterocycles. The highest BCUT2D eigenvalue weighted by molar-refractivity contribution is 5.83. The highest BCUT2D eigenvalue weighted by Crippen LogP contribution is 2.34. The van der Waals surface area contributed by atoms with Crippen LogP contribution in [0, 0.1) is 0 Å². The van der Waals surface area contributed by atoms with E-state index in [9.17, 15) is 9.90 Å². The van der Waals surface area contributed by atoms with E-state index in [1.807, 2.05) is 47.0 Å². The van der Waals surface area contributed by atoms with Gasteiger partial charge in [0.05, 0.1) is 11.9 Å². The molecule has 4 nitrogen and oxygen atoms in total. The first-order valence-electron chi connectivity index (χ1n) is 9.84. The number of rotatable bonds is 6. The molecule has 0 aliphatic heterocycles. The lowest BCUT2D eigenvalue weighted by atomic mass is 9.94. The van der Waals surface area contributed by atoms with Gasteiger partial charge in [-0.1, -0.05) is 61.5 Å². The lowest BCUT2D eigenvalue weighted by Gasteiger charge is -2.12. The van der Waals surface area contributed by atoms with Crippen molar-refractivity contribution in [2.24, 2.45) is 5.73 Å². The maximum atomic E-state index is 11.7. The second-order valence-electron chi connectivity index (χ2n) is 7.21. The summed E-state index contributed by atoms with van der Waals surface area (Å²) in [5.74, 6) is -0.229. The minimum Gasteiger partial charge on any atom is -0.506 e. The molecule has 3 N–H and O–H groups in total. The molecule has 4 aromatic rings. The van der Waals surface area contributed by atoms with Gasteiger partial charge in [0.2, 0.25) is 5.91 Å². The number of nitrogens with zero attached hydrogens (tertiary/aromatic N) is 1. The normalized spacial score (nSPS) is 11.1. The second kappa shape index (κ2) is 7.84. The Labute approximate surface area is 170 Å². The van der Waals surface area contributed by atoms with Crippen molar-refractivity contribution >= 4 is 11.4 Å². The summed E-state index contributed by atoms with van der Waals surface area (Å²) in [4.78, 5) is 11.7. The van der Waals surface area contributed by atoms with Crippen molar-refractivity contribution in [1.82, 2.24) is 4.40 Å². The Balaban J connectivity index is 1.91. The van der Waals surface area contributed by atoms with Crippen LogP contribution >= 0.6 is 0 Å². The summed E-state index contributed by atoms with van der Waals surface area (Å²) < 4.78 is 2.01. The minimum atomic E-state index is -0.397. The van der Waals surface area contributed by atoms with Gasteiger partial charge in [0.25, 0.3) is 0 Å². The van der Waals surface area contributed by atoms with E-state index >= 15 is 0 Å². The van der Waals surface area contributed by atoms with Gasteiger partial charge in [-0.25, -0.2) is 0 Å². The lowest BCUT2D eigenvalue weighted by Crippen LogP contribution is -2.14. The number of fused-ring (bicyclic) bond motifs is 1. The van der Waals surface area contributed by atoms with Gasteiger partial charge in [-0.3, -0.25) is 4.79 Å². The van der Waals surface area contributed by atoms with E-state index in [1.54, 1.807) is 6.07 Å². The highest BCUT2D eigenvalue weighted by Gasteiger charge is 2.21. The molecule has 2 heterocycles. The zero-order valence-electron chi connectivity index (χ0n) is 16.4. The fraction of sp³-hybridized carbons (Fsp3) is 0.160. The number of hydrogen-bond donors (Lipinski definition) is 2. The molecule has 2 aromatic carbocycles. The number of aromatic nitrogens is 1. The zero-order chi connectivity index (χ0) is 20.4. The van der Waals surface area contributed by atoms with Crippen LogP contribution in [0.4, 0.5) is 0 Å². The number of aromatic hydroxyl groups is 1. The van der Waals surface area contributed by atoms with Gasteiger partial charge in [-0.05, 0) is 46.4 Å². The summed E-state index contributed by atoms with van der Waals surface area (Å²) in [7, 11) is 0. The summed E-state index contributed by atoms with van der Waals surface area (Å²) in [5.41, 5.74) is 12.7. The summed E-state index contributed by atoms with van der Waals surface area (Å²) in [6.07, 6.45) is 3.51. The molecule has 29 heavy (non-hydrogen) atoms. The smallest absolute Gasteiger partial charge is 0.221 e. The van der Waals surface area contributed by atoms with E-state index in [0.717, 1.165) is 23.2 Å². The number of pyridine rings is 1. The van der Waals surface area contributed by atoms with E-state index in [0.29, 0.717) is 11.9 Å². The molecule has 0 radical (unpaired) electrons. The molecule has 0 spiro atoms. The van der Waals surface area contributed by atoms with Gasteiger partial charge in [-0.15, -0.1) is 0 Å². The van der Waals surface area contributed by atoms with E-state index < -0.39 is 5.91 Å². The number of nitrogens with two attached hydrogens (primary N) is 1. The van der Waals surface area contributed by atoms with Gasteiger partial charge in [0, 0.05) is 18.3 Å². The average Bonchev–Trinajstić information content (AvgIpc) is 3.02. The molecule has 0 atom stereocenters. The van der Waals surface area contributed by atoms with Crippen molar-refractivity contribution in [3.63, 3.8) is 0 Å². The molecule has 0 saturated heterocycles. The van der Waals surface area contributed by atoms with Crippen molar-refractivity contribution in [3.05, 3.63) is 95.3 Å². The number of primary amides is 1. The van der Waals surface area contributed by atoms with Crippen molar-refractivity contribution in [2.45, 2.75) is 26.2 Å². The van der Waals surface area contributed by atoms with E-state index in [1.165, 1.54) is 16.7 Å². The maximum Gasteiger partial charge on any atom is 0.221 e. The molecule has 0 saturated carbocycles. The van der Waals surface area contributed by atoms with Crippen molar-refractivity contribution in [3.8, 4) is 16.9 Å². The monoisotopic (exact) mass is 384 g/mol. The fourth-order valence-corrected chi connectivity index (χ4v) is 4.21. The first-order valence-corrected chi connectivity index (χ1v) is 9.84. The largest absolute Gasteiger partial charge is 0.506 e. The third-order valence-electron chi connectivity index (χ3n) is 5.43. The summed E-state index contributed by atoms with van der Waals surface area (Å²) in [6, 6.07) is 22.2. The fourth-order valence-electron chi connectivity index (χ4n) is 4.21. The Morgan fingerprint density at radius 2 is 1.69 bits per heavy atom. The number of carbonyl (C=O) groups is 1. The topological polar surface area (TPSA) is 67.7 Å². The van der Waals surface area contributed by atoms with Gasteiger partial charge in [0.1, 0.15) is 5.75 Å². The molecule has 0 aliphatic rings. The standard InChI is InChI=1S/C25H24N2O2/c1-2-19-21(16-24(26)29)25-23(28)13-8-14-27(25)22(19)15-18-11-6-7-12-20(18)17-9-4-3-5-10-17/h3-14,28H,2,15-16H2,1H3,(H2,26,29). The van der Waals surface area contributed by atoms with E-state index in [-0.39, 0.29) is 12.2 Å². The van der Waals surface area contributed by atoms with Gasteiger partial charge >= 0.3 is 0 Å². The Morgan fingerprint density at radius 1 is 0.966 bits per heavy atom. The predicted octanol–water partition coefficient (Wildman–Crippen LogP) is 4.49. The molecular weight excluding hydrogens is 360 g/mol. The minimum absolute atomic E-state index is 0.116. The van der Waals surface area contributed by atoms with Crippen LogP contribution in [0.2, 0.25) is 0 Å². The van der Waals surface area contributed by atoms with Crippen LogP contribution in [0.5, 0.6) is 5.75 Å². The molecule has 146 valence electrons. The molecule has 0 aliphatic carbocycles. The highest BCUT2D eigenvalue weighted by atomic mass is 16.3. The number of carbonyl (C=O) groups excluding carboxylic acids is 1. The molecule has 0 bridgehead atoms. The van der Waals surface area contributed by atoms with Crippen LogP contribution in [0.25, 0.3) is 16.6 Å². The Morgan fingerprint density at radius 3 is 2.41 bits per heavy atom. The van der Waals surface area contributed by atoms with E-state index in [2.05, 4.69) is 31.2 Å². The van der Waals surface area contributed by atoms with Crippen LogP contribution in [-0.4, -0.2) is 15.4 Å². The second-order valence-corrected chi connectivity index (χ2v) is 7.21. The molecule has 4 heteroatoms. The third-order valence-corrected chi connectivity index (χ3v) is 5.43. The summed E-state index contributed by atoms with van der Waals surface area (Å²) in [5, 5.41) is 10.5. The van der Waals surface area contributed by atoms with Crippen LogP contribution in [-0.2, 0) is 24.1 Å². The van der Waals surface area contributed by atoms with Crippen molar-refractivity contribution in [1.29, 1.82) is 0 Å². The Hall–Kier alpha value is -3.53. The molecule has 0 fully saturated rings. The SMILES string of the molecule is CCc1c(CC(N)=O)c2c(O)cccn2c1Cc1ccccc1-c1ccccc1. The Bertz CT molecular complexity index is 1180. The first-order chi connectivity index (χ1) is 14.1. The van der Waals surface area contributed by atoms with Crippen LogP contribution in [0.3, 0.4) is 0 Å². The van der Waals surface area contributed by atoms with Gasteiger partial charge in [-0.2, -0.15) is 0 Å². The van der Waals surface area contributed by atoms with E-state index in [4.69, 9.17) is 5.73 Å². The number of benzene rings is 2. The molecule has 1 amide bonds. The van der Waals surface area contributed by atoms with Crippen LogP contribution in [0.15, 0.2) is 72.9 Å².